The predicted octanol–water partition coefficient (Wildman–Crippen LogP) is 1.68. The van der Waals surface area contributed by atoms with Crippen LogP contribution >= 0.6 is 0 Å². The molecule has 19 heavy (non-hydrogen) atoms. The number of likely N-dealkylation sites (N-methyl/N-ethyl adjacent to an activating group) is 1. The number of rotatable bonds is 6. The molecule has 0 saturated carbocycles. The summed E-state index contributed by atoms with van der Waals surface area (Å²) in [6, 6.07) is 10.0. The van der Waals surface area contributed by atoms with Crippen LogP contribution in [0.5, 0.6) is 0 Å². The molecule has 0 aliphatic carbocycles. The molecular weight excluding hydrogens is 242 g/mol. The Labute approximate surface area is 114 Å². The Hall–Kier alpha value is -1.10. The molecule has 1 N–H and O–H groups in total. The van der Waals surface area contributed by atoms with Gasteiger partial charge in [-0.05, 0) is 25.0 Å². The molecule has 0 aromatic heterocycles. The zero-order valence-electron chi connectivity index (χ0n) is 11.5. The number of aliphatic hydroxyl groups is 1. The number of aliphatic hydroxyl groups excluding tert-OH is 1. The Morgan fingerprint density at radius 2 is 2.00 bits per heavy atom. The summed E-state index contributed by atoms with van der Waals surface area (Å²) in [4.78, 5) is 2.04. The van der Waals surface area contributed by atoms with Gasteiger partial charge in [0.25, 0.3) is 0 Å². The van der Waals surface area contributed by atoms with Gasteiger partial charge in [0, 0.05) is 32.5 Å². The normalized spacial score (nSPS) is 18.2. The summed E-state index contributed by atoms with van der Waals surface area (Å²) in [7, 11) is 1.98. The Balaban J connectivity index is 1.70. The Kier molecular flexibility index (Phi) is 5.63. The standard InChI is InChI=1S/C15H23NO3/c1-16(13-5-3-2-4-6-13)11-14(17)12-19-15-7-9-18-10-8-15/h2-6,14-15,17H,7-12H2,1H3. The maximum absolute atomic E-state index is 10.0. The van der Waals surface area contributed by atoms with Gasteiger partial charge in [-0.2, -0.15) is 0 Å². The molecule has 1 heterocycles. The van der Waals surface area contributed by atoms with Gasteiger partial charge < -0.3 is 19.5 Å². The molecule has 1 aliphatic heterocycles. The van der Waals surface area contributed by atoms with Gasteiger partial charge in [-0.15, -0.1) is 0 Å². The summed E-state index contributed by atoms with van der Waals surface area (Å²) in [6.07, 6.45) is 1.64. The van der Waals surface area contributed by atoms with Gasteiger partial charge in [-0.1, -0.05) is 18.2 Å². The van der Waals surface area contributed by atoms with Crippen molar-refractivity contribution in [3.63, 3.8) is 0 Å². The molecule has 1 unspecified atom stereocenters. The zero-order chi connectivity index (χ0) is 13.5. The summed E-state index contributed by atoms with van der Waals surface area (Å²) in [6.45, 7) is 2.50. The average Bonchev–Trinajstić information content (AvgIpc) is 2.47. The van der Waals surface area contributed by atoms with E-state index in [1.807, 2.05) is 42.3 Å². The molecule has 2 rings (SSSR count). The van der Waals surface area contributed by atoms with Crippen molar-refractivity contribution in [2.24, 2.45) is 0 Å². The van der Waals surface area contributed by atoms with Gasteiger partial charge >= 0.3 is 0 Å². The van der Waals surface area contributed by atoms with Gasteiger partial charge in [0.2, 0.25) is 0 Å². The zero-order valence-corrected chi connectivity index (χ0v) is 11.5. The average molecular weight is 265 g/mol. The first-order chi connectivity index (χ1) is 9.25. The van der Waals surface area contributed by atoms with Crippen LogP contribution in [0.4, 0.5) is 5.69 Å². The van der Waals surface area contributed by atoms with E-state index in [4.69, 9.17) is 9.47 Å². The minimum atomic E-state index is -0.465. The first-order valence-corrected chi connectivity index (χ1v) is 6.89. The maximum Gasteiger partial charge on any atom is 0.0948 e. The van der Waals surface area contributed by atoms with Crippen molar-refractivity contribution in [3.05, 3.63) is 30.3 Å². The van der Waals surface area contributed by atoms with Crippen molar-refractivity contribution >= 4 is 5.69 Å². The molecule has 0 spiro atoms. The lowest BCUT2D eigenvalue weighted by atomic mass is 10.1. The smallest absolute Gasteiger partial charge is 0.0948 e. The topological polar surface area (TPSA) is 41.9 Å². The summed E-state index contributed by atoms with van der Waals surface area (Å²) in [5.41, 5.74) is 1.10. The minimum absolute atomic E-state index is 0.241. The number of anilines is 1. The molecular formula is C15H23NO3. The second kappa shape index (κ2) is 7.48. The van der Waals surface area contributed by atoms with Gasteiger partial charge in [0.1, 0.15) is 0 Å². The van der Waals surface area contributed by atoms with Crippen LogP contribution in [-0.4, -0.2) is 50.7 Å². The lowest BCUT2D eigenvalue weighted by Gasteiger charge is -2.26. The maximum atomic E-state index is 10.0. The van der Waals surface area contributed by atoms with Crippen molar-refractivity contribution in [2.75, 3.05) is 38.3 Å². The molecule has 1 fully saturated rings. The molecule has 4 nitrogen and oxygen atoms in total. The van der Waals surface area contributed by atoms with Crippen molar-refractivity contribution < 1.29 is 14.6 Å². The lowest BCUT2D eigenvalue weighted by molar-refractivity contribution is -0.0573. The number of benzene rings is 1. The minimum Gasteiger partial charge on any atom is -0.389 e. The van der Waals surface area contributed by atoms with Crippen LogP contribution in [0.1, 0.15) is 12.8 Å². The molecule has 4 heteroatoms. The second-order valence-electron chi connectivity index (χ2n) is 5.01. The Bertz CT molecular complexity index is 352. The van der Waals surface area contributed by atoms with E-state index in [9.17, 15) is 5.11 Å². The molecule has 1 aromatic rings. The number of ether oxygens (including phenoxy) is 2. The van der Waals surface area contributed by atoms with Gasteiger partial charge in [0.05, 0.1) is 18.8 Å². The third kappa shape index (κ3) is 4.82. The summed E-state index contributed by atoms with van der Waals surface area (Å²) in [5, 5.41) is 10.0. The van der Waals surface area contributed by atoms with E-state index in [1.54, 1.807) is 0 Å². The fraction of sp³-hybridized carbons (Fsp3) is 0.600. The summed E-state index contributed by atoms with van der Waals surface area (Å²) in [5.74, 6) is 0. The first-order valence-electron chi connectivity index (χ1n) is 6.89. The Morgan fingerprint density at radius 3 is 2.68 bits per heavy atom. The molecule has 1 saturated heterocycles. The van der Waals surface area contributed by atoms with E-state index in [0.29, 0.717) is 13.2 Å². The molecule has 106 valence electrons. The molecule has 0 amide bonds. The highest BCUT2D eigenvalue weighted by molar-refractivity contribution is 5.45. The monoisotopic (exact) mass is 265 g/mol. The highest BCUT2D eigenvalue weighted by atomic mass is 16.5. The highest BCUT2D eigenvalue weighted by Gasteiger charge is 2.16. The van der Waals surface area contributed by atoms with Crippen LogP contribution in [0, 0.1) is 0 Å². The predicted molar refractivity (Wildman–Crippen MR) is 75.5 cm³/mol. The number of nitrogens with zero attached hydrogens (tertiary/aromatic N) is 1. The lowest BCUT2D eigenvalue weighted by Crippen LogP contribution is -2.34. The SMILES string of the molecule is CN(CC(O)COC1CCOCC1)c1ccccc1. The van der Waals surface area contributed by atoms with Crippen LogP contribution < -0.4 is 4.90 Å². The van der Waals surface area contributed by atoms with Gasteiger partial charge in [-0.25, -0.2) is 0 Å². The van der Waals surface area contributed by atoms with Gasteiger partial charge in [-0.3, -0.25) is 0 Å². The largest absolute Gasteiger partial charge is 0.389 e. The summed E-state index contributed by atoms with van der Waals surface area (Å²) >= 11 is 0. The van der Waals surface area contributed by atoms with E-state index in [-0.39, 0.29) is 6.10 Å². The highest BCUT2D eigenvalue weighted by Crippen LogP contribution is 2.13. The first kappa shape index (κ1) is 14.3. The molecule has 0 bridgehead atoms. The fourth-order valence-electron chi connectivity index (χ4n) is 2.25. The molecule has 1 atom stereocenters. The van der Waals surface area contributed by atoms with Crippen molar-refractivity contribution in [2.45, 2.75) is 25.0 Å². The quantitative estimate of drug-likeness (QED) is 0.850. The van der Waals surface area contributed by atoms with E-state index >= 15 is 0 Å². The van der Waals surface area contributed by atoms with Crippen LogP contribution in [-0.2, 0) is 9.47 Å². The Morgan fingerprint density at radius 1 is 1.32 bits per heavy atom. The van der Waals surface area contributed by atoms with E-state index in [0.717, 1.165) is 31.7 Å². The van der Waals surface area contributed by atoms with Crippen LogP contribution in [0.3, 0.4) is 0 Å². The van der Waals surface area contributed by atoms with E-state index in [2.05, 4.69) is 0 Å². The van der Waals surface area contributed by atoms with Crippen molar-refractivity contribution in [3.8, 4) is 0 Å². The van der Waals surface area contributed by atoms with Gasteiger partial charge in [0.15, 0.2) is 0 Å². The molecule has 1 aliphatic rings. The second-order valence-corrected chi connectivity index (χ2v) is 5.01. The number of hydrogen-bond acceptors (Lipinski definition) is 4. The molecule has 1 aromatic carbocycles. The number of para-hydroxylation sites is 1. The van der Waals surface area contributed by atoms with Crippen molar-refractivity contribution in [1.29, 1.82) is 0 Å². The van der Waals surface area contributed by atoms with Crippen LogP contribution in [0.25, 0.3) is 0 Å². The van der Waals surface area contributed by atoms with E-state index in [1.165, 1.54) is 0 Å². The van der Waals surface area contributed by atoms with E-state index < -0.39 is 6.10 Å². The number of hydrogen-bond donors (Lipinski definition) is 1. The molecule has 0 radical (unpaired) electrons. The third-order valence-corrected chi connectivity index (χ3v) is 3.37. The van der Waals surface area contributed by atoms with Crippen LogP contribution in [0.2, 0.25) is 0 Å². The van der Waals surface area contributed by atoms with Crippen molar-refractivity contribution in [1.82, 2.24) is 0 Å². The fourth-order valence-corrected chi connectivity index (χ4v) is 2.25. The summed E-state index contributed by atoms with van der Waals surface area (Å²) < 4.78 is 11.0. The third-order valence-electron chi connectivity index (χ3n) is 3.37. The van der Waals surface area contributed by atoms with Crippen LogP contribution in [0.15, 0.2) is 30.3 Å².